The predicted molar refractivity (Wildman–Crippen MR) is 71.6 cm³/mol. The van der Waals surface area contributed by atoms with Gasteiger partial charge >= 0.3 is 0 Å². The minimum Gasteiger partial charge on any atom is -0.492 e. The van der Waals surface area contributed by atoms with Crippen molar-refractivity contribution >= 4 is 0 Å². The zero-order chi connectivity index (χ0) is 12.9. The van der Waals surface area contributed by atoms with E-state index in [2.05, 4.69) is 30.9 Å². The topological polar surface area (TPSA) is 25.4 Å². The zero-order valence-corrected chi connectivity index (χ0v) is 11.7. The fourth-order valence-electron chi connectivity index (χ4n) is 1.95. The van der Waals surface area contributed by atoms with E-state index in [1.165, 1.54) is 5.56 Å². The maximum Gasteiger partial charge on any atom is 0.126 e. The van der Waals surface area contributed by atoms with E-state index in [4.69, 9.17) is 4.74 Å². The number of hydrogen-bond donors (Lipinski definition) is 0. The number of rotatable bonds is 3. The van der Waals surface area contributed by atoms with Crippen LogP contribution in [-0.4, -0.2) is 37.1 Å². The lowest BCUT2D eigenvalue weighted by atomic mass is 9.82. The van der Waals surface area contributed by atoms with Crippen molar-refractivity contribution in [3.8, 4) is 5.75 Å². The molecule has 0 aliphatic carbocycles. The summed E-state index contributed by atoms with van der Waals surface area (Å²) in [6, 6.07) is 1.95. The van der Waals surface area contributed by atoms with Crippen molar-refractivity contribution in [1.29, 1.82) is 0 Å². The van der Waals surface area contributed by atoms with Gasteiger partial charge in [-0.1, -0.05) is 20.8 Å². The number of fused-ring (bicyclic) bond motifs is 1. The molecule has 1 aliphatic heterocycles. The molecule has 1 unspecified atom stereocenters. The third-order valence-electron chi connectivity index (χ3n) is 3.09. The van der Waals surface area contributed by atoms with Crippen LogP contribution in [-0.2, 0) is 5.41 Å². The Hall–Kier alpha value is -1.09. The maximum absolute atomic E-state index is 5.69. The van der Waals surface area contributed by atoms with E-state index in [1.54, 1.807) is 6.20 Å². The fraction of sp³-hybridized carbons (Fsp3) is 0.643. The molecule has 3 nitrogen and oxygen atoms in total. The lowest BCUT2D eigenvalue weighted by Gasteiger charge is -2.24. The van der Waals surface area contributed by atoms with Crippen molar-refractivity contribution in [2.75, 3.05) is 27.2 Å². The molecule has 1 aromatic rings. The maximum atomic E-state index is 5.69. The van der Waals surface area contributed by atoms with Gasteiger partial charge in [0.1, 0.15) is 5.75 Å². The minimum atomic E-state index is 0.133. The summed E-state index contributed by atoms with van der Waals surface area (Å²) in [6.07, 6.45) is 4.84. The summed E-state index contributed by atoms with van der Waals surface area (Å²) in [4.78, 5) is 6.39. The molecule has 0 saturated heterocycles. The average Bonchev–Trinajstić information content (AvgIpc) is 2.69. The van der Waals surface area contributed by atoms with Crippen LogP contribution in [0.3, 0.4) is 0 Å². The quantitative estimate of drug-likeness (QED) is 0.807. The highest BCUT2D eigenvalue weighted by Gasteiger charge is 2.36. The molecule has 0 N–H and O–H groups in total. The van der Waals surface area contributed by atoms with Gasteiger partial charge in [-0.15, -0.1) is 0 Å². The molecule has 0 fully saturated rings. The Morgan fingerprint density at radius 3 is 2.76 bits per heavy atom. The summed E-state index contributed by atoms with van der Waals surface area (Å²) >= 11 is 0. The van der Waals surface area contributed by atoms with E-state index in [0.29, 0.717) is 0 Å². The standard InChI is InChI=1S/C12H18N2O.C2H6/c1-12(5-7-14(2)3)9-15-11-4-6-13-8-10(11)12;1-2/h4,6,8H,5,7,9H2,1-3H3;1-2H3. The van der Waals surface area contributed by atoms with E-state index < -0.39 is 0 Å². The lowest BCUT2D eigenvalue weighted by Crippen LogP contribution is -2.29. The van der Waals surface area contributed by atoms with Crippen molar-refractivity contribution in [3.05, 3.63) is 24.0 Å². The molecule has 3 heteroatoms. The number of aromatic nitrogens is 1. The monoisotopic (exact) mass is 236 g/mol. The number of ether oxygens (including phenoxy) is 1. The summed E-state index contributed by atoms with van der Waals surface area (Å²) in [7, 11) is 4.20. The largest absolute Gasteiger partial charge is 0.492 e. The van der Waals surface area contributed by atoms with Gasteiger partial charge in [-0.25, -0.2) is 0 Å². The first-order chi connectivity index (χ1) is 8.12. The van der Waals surface area contributed by atoms with Crippen molar-refractivity contribution in [2.24, 2.45) is 0 Å². The van der Waals surface area contributed by atoms with Crippen molar-refractivity contribution in [2.45, 2.75) is 32.6 Å². The second kappa shape index (κ2) is 6.01. The molecule has 2 rings (SSSR count). The van der Waals surface area contributed by atoms with Gasteiger partial charge in [-0.3, -0.25) is 4.98 Å². The van der Waals surface area contributed by atoms with Gasteiger partial charge in [0.2, 0.25) is 0 Å². The summed E-state index contributed by atoms with van der Waals surface area (Å²) < 4.78 is 5.69. The zero-order valence-electron chi connectivity index (χ0n) is 11.7. The van der Waals surface area contributed by atoms with Crippen molar-refractivity contribution < 1.29 is 4.74 Å². The molecular weight excluding hydrogens is 212 g/mol. The van der Waals surface area contributed by atoms with Crippen LogP contribution in [0, 0.1) is 0 Å². The number of nitrogens with zero attached hydrogens (tertiary/aromatic N) is 2. The molecule has 1 aliphatic rings. The van der Waals surface area contributed by atoms with Crippen molar-refractivity contribution in [3.63, 3.8) is 0 Å². The Morgan fingerprint density at radius 2 is 2.12 bits per heavy atom. The molecule has 17 heavy (non-hydrogen) atoms. The van der Waals surface area contributed by atoms with E-state index in [1.807, 2.05) is 26.1 Å². The molecule has 0 spiro atoms. The molecule has 0 saturated carbocycles. The number of pyridine rings is 1. The van der Waals surface area contributed by atoms with Crippen LogP contribution in [0.4, 0.5) is 0 Å². The second-order valence-electron chi connectivity index (χ2n) is 4.77. The molecule has 96 valence electrons. The second-order valence-corrected chi connectivity index (χ2v) is 4.77. The Labute approximate surface area is 105 Å². The van der Waals surface area contributed by atoms with Crippen LogP contribution >= 0.6 is 0 Å². The van der Waals surface area contributed by atoms with Gasteiger partial charge in [0.25, 0.3) is 0 Å². The summed E-state index contributed by atoms with van der Waals surface area (Å²) in [5.41, 5.74) is 1.39. The van der Waals surface area contributed by atoms with E-state index >= 15 is 0 Å². The Balaban J connectivity index is 0.000000686. The van der Waals surface area contributed by atoms with Gasteiger partial charge in [0.15, 0.2) is 0 Å². The fourth-order valence-corrected chi connectivity index (χ4v) is 1.95. The molecule has 1 aromatic heterocycles. The predicted octanol–water partition coefficient (Wildman–Crippen LogP) is 2.71. The van der Waals surface area contributed by atoms with Crippen LogP contribution in [0.1, 0.15) is 32.8 Å². The highest BCUT2D eigenvalue weighted by molar-refractivity contribution is 5.40. The average molecular weight is 236 g/mol. The highest BCUT2D eigenvalue weighted by atomic mass is 16.5. The summed E-state index contributed by atoms with van der Waals surface area (Å²) in [6.45, 7) is 8.11. The van der Waals surface area contributed by atoms with Crippen LogP contribution in [0.25, 0.3) is 0 Å². The Bertz CT molecular complexity index is 352. The van der Waals surface area contributed by atoms with Gasteiger partial charge in [-0.2, -0.15) is 0 Å². The van der Waals surface area contributed by atoms with Crippen LogP contribution in [0.15, 0.2) is 18.5 Å². The molecule has 0 amide bonds. The van der Waals surface area contributed by atoms with E-state index in [-0.39, 0.29) is 5.41 Å². The van der Waals surface area contributed by atoms with Gasteiger partial charge < -0.3 is 9.64 Å². The minimum absolute atomic E-state index is 0.133. The molecular formula is C14H24N2O. The van der Waals surface area contributed by atoms with E-state index in [9.17, 15) is 0 Å². The Kier molecular flexibility index (Phi) is 4.94. The van der Waals surface area contributed by atoms with Crippen LogP contribution < -0.4 is 4.74 Å². The molecule has 1 atom stereocenters. The smallest absolute Gasteiger partial charge is 0.126 e. The molecule has 0 bridgehead atoms. The summed E-state index contributed by atoms with van der Waals surface area (Å²) in [5, 5.41) is 0. The molecule has 2 heterocycles. The first kappa shape index (κ1) is 14.0. The first-order valence-electron chi connectivity index (χ1n) is 6.34. The normalized spacial score (nSPS) is 21.5. The summed E-state index contributed by atoms with van der Waals surface area (Å²) in [5.74, 6) is 1.01. The van der Waals surface area contributed by atoms with Gasteiger partial charge in [-0.05, 0) is 33.1 Å². The third-order valence-corrected chi connectivity index (χ3v) is 3.09. The van der Waals surface area contributed by atoms with Crippen LogP contribution in [0.5, 0.6) is 5.75 Å². The lowest BCUT2D eigenvalue weighted by molar-refractivity contribution is 0.247. The first-order valence-corrected chi connectivity index (χ1v) is 6.34. The number of hydrogen-bond acceptors (Lipinski definition) is 3. The van der Waals surface area contributed by atoms with Crippen LogP contribution in [0.2, 0.25) is 0 Å². The molecule has 0 aromatic carbocycles. The molecule has 0 radical (unpaired) electrons. The van der Waals surface area contributed by atoms with Gasteiger partial charge in [0.05, 0.1) is 6.61 Å². The van der Waals surface area contributed by atoms with E-state index in [0.717, 1.165) is 25.3 Å². The van der Waals surface area contributed by atoms with Crippen molar-refractivity contribution in [1.82, 2.24) is 9.88 Å². The Morgan fingerprint density at radius 1 is 1.41 bits per heavy atom. The SMILES string of the molecule is CC.CN(C)CCC1(C)COc2ccncc21. The third kappa shape index (κ3) is 3.19. The van der Waals surface area contributed by atoms with Gasteiger partial charge in [0, 0.05) is 23.4 Å². The highest BCUT2D eigenvalue weighted by Crippen LogP contribution is 2.39.